The van der Waals surface area contributed by atoms with E-state index in [2.05, 4.69) is 20.8 Å². The predicted molar refractivity (Wildman–Crippen MR) is 86.4 cm³/mol. The fourth-order valence-corrected chi connectivity index (χ4v) is 2.84. The van der Waals surface area contributed by atoms with Gasteiger partial charge in [-0.3, -0.25) is 4.79 Å². The first-order valence-electron chi connectivity index (χ1n) is 7.52. The van der Waals surface area contributed by atoms with Gasteiger partial charge in [0.1, 0.15) is 5.75 Å². The molecular weight excluding hydrogens is 314 g/mol. The molecule has 1 amide bonds. The molecule has 0 aliphatic heterocycles. The Bertz CT molecular complexity index is 669. The Morgan fingerprint density at radius 3 is 2.83 bits per heavy atom. The molecule has 1 aliphatic carbocycles. The molecule has 0 bridgehead atoms. The number of carbonyl (C=O) groups excluding carboxylic acids is 1. The molecule has 23 heavy (non-hydrogen) atoms. The summed E-state index contributed by atoms with van der Waals surface area (Å²) in [6, 6.07) is 8.10. The summed E-state index contributed by atoms with van der Waals surface area (Å²) in [5.74, 6) is 0.849. The summed E-state index contributed by atoms with van der Waals surface area (Å²) < 4.78 is 6.85. The molecule has 1 aromatic heterocycles. The van der Waals surface area contributed by atoms with Gasteiger partial charge in [-0.1, -0.05) is 23.9 Å². The molecule has 1 saturated carbocycles. The number of amides is 1. The third-order valence-corrected chi connectivity index (χ3v) is 4.64. The van der Waals surface area contributed by atoms with E-state index in [1.807, 2.05) is 31.2 Å². The Morgan fingerprint density at radius 1 is 1.43 bits per heavy atom. The third kappa shape index (κ3) is 4.22. The lowest BCUT2D eigenvalue weighted by molar-refractivity contribution is -0.120. The Morgan fingerprint density at radius 2 is 2.17 bits per heavy atom. The lowest BCUT2D eigenvalue weighted by Gasteiger charge is -2.11. The Balaban J connectivity index is 1.62. The van der Waals surface area contributed by atoms with Crippen LogP contribution in [0.4, 0.5) is 0 Å². The monoisotopic (exact) mass is 333 g/mol. The van der Waals surface area contributed by atoms with Gasteiger partial charge >= 0.3 is 0 Å². The highest BCUT2D eigenvalue weighted by molar-refractivity contribution is 8.00. The maximum atomic E-state index is 12.0. The van der Waals surface area contributed by atoms with Crippen LogP contribution in [0.3, 0.4) is 0 Å². The van der Waals surface area contributed by atoms with E-state index >= 15 is 0 Å². The molecule has 8 heteroatoms. The average Bonchev–Trinajstić information content (AvgIpc) is 3.27. The Hall–Kier alpha value is -2.09. The minimum atomic E-state index is -0.226. The molecule has 1 N–H and O–H groups in total. The molecule has 0 spiro atoms. The molecule has 3 rings (SSSR count). The number of methoxy groups -OCH3 is 1. The summed E-state index contributed by atoms with van der Waals surface area (Å²) >= 11 is 1.37. The van der Waals surface area contributed by atoms with Crippen LogP contribution in [0.25, 0.3) is 0 Å². The van der Waals surface area contributed by atoms with Crippen molar-refractivity contribution >= 4 is 17.7 Å². The molecule has 1 heterocycles. The number of tetrazole rings is 1. The maximum Gasteiger partial charge on any atom is 0.233 e. The van der Waals surface area contributed by atoms with Crippen molar-refractivity contribution in [2.75, 3.05) is 7.11 Å². The number of rotatable bonds is 7. The van der Waals surface area contributed by atoms with Crippen LogP contribution < -0.4 is 10.1 Å². The normalized spacial score (nSPS) is 15.2. The van der Waals surface area contributed by atoms with Crippen LogP contribution in [0.5, 0.6) is 5.75 Å². The number of ether oxygens (including phenoxy) is 1. The fraction of sp³-hybridized carbons (Fsp3) is 0.467. The molecule has 0 saturated heterocycles. The van der Waals surface area contributed by atoms with Gasteiger partial charge in [0.2, 0.25) is 11.1 Å². The lowest BCUT2D eigenvalue weighted by atomic mass is 10.2. The number of hydrogen-bond donors (Lipinski definition) is 1. The number of benzene rings is 1. The van der Waals surface area contributed by atoms with Crippen LogP contribution in [0, 0.1) is 0 Å². The van der Waals surface area contributed by atoms with E-state index in [4.69, 9.17) is 4.74 Å². The quantitative estimate of drug-likeness (QED) is 0.773. The van der Waals surface area contributed by atoms with E-state index in [1.54, 1.807) is 11.8 Å². The molecule has 2 aromatic rings. The highest BCUT2D eigenvalue weighted by Crippen LogP contribution is 2.24. The molecule has 1 aromatic carbocycles. The zero-order valence-electron chi connectivity index (χ0n) is 13.1. The SMILES string of the molecule is COc1ccc(Cn2nnnc2S[C@H](C)C(=O)NC2CC2)cc1. The van der Waals surface area contributed by atoms with Gasteiger partial charge in [-0.25, -0.2) is 4.68 Å². The van der Waals surface area contributed by atoms with Crippen molar-refractivity contribution in [2.24, 2.45) is 0 Å². The number of aromatic nitrogens is 4. The molecule has 0 unspecified atom stereocenters. The first kappa shape index (κ1) is 15.8. The summed E-state index contributed by atoms with van der Waals surface area (Å²) in [4.78, 5) is 12.0. The van der Waals surface area contributed by atoms with Crippen molar-refractivity contribution in [2.45, 2.75) is 42.8 Å². The van der Waals surface area contributed by atoms with Gasteiger partial charge < -0.3 is 10.1 Å². The second kappa shape index (κ2) is 6.99. The molecule has 1 fully saturated rings. The number of carbonyl (C=O) groups is 1. The molecule has 0 radical (unpaired) electrons. The minimum absolute atomic E-state index is 0.0384. The third-order valence-electron chi connectivity index (χ3n) is 3.57. The van der Waals surface area contributed by atoms with E-state index in [1.165, 1.54) is 11.8 Å². The first-order chi connectivity index (χ1) is 11.2. The smallest absolute Gasteiger partial charge is 0.233 e. The maximum absolute atomic E-state index is 12.0. The van der Waals surface area contributed by atoms with Crippen molar-refractivity contribution in [1.29, 1.82) is 0 Å². The van der Waals surface area contributed by atoms with Crippen molar-refractivity contribution in [3.63, 3.8) is 0 Å². The number of nitrogens with zero attached hydrogens (tertiary/aromatic N) is 4. The van der Waals surface area contributed by atoms with Crippen LogP contribution >= 0.6 is 11.8 Å². The summed E-state index contributed by atoms with van der Waals surface area (Å²) in [7, 11) is 1.64. The zero-order chi connectivity index (χ0) is 16.2. The summed E-state index contributed by atoms with van der Waals surface area (Å²) in [5.41, 5.74) is 1.06. The topological polar surface area (TPSA) is 81.9 Å². The van der Waals surface area contributed by atoms with Crippen LogP contribution in [0.1, 0.15) is 25.3 Å². The van der Waals surface area contributed by atoms with Gasteiger partial charge in [0, 0.05) is 6.04 Å². The van der Waals surface area contributed by atoms with Gasteiger partial charge in [-0.05, 0) is 47.9 Å². The fourth-order valence-electron chi connectivity index (χ4n) is 2.04. The van der Waals surface area contributed by atoms with E-state index in [-0.39, 0.29) is 11.2 Å². The van der Waals surface area contributed by atoms with Crippen LogP contribution in [0.15, 0.2) is 29.4 Å². The summed E-state index contributed by atoms with van der Waals surface area (Å²) in [6.45, 7) is 2.42. The highest BCUT2D eigenvalue weighted by Gasteiger charge is 2.26. The lowest BCUT2D eigenvalue weighted by Crippen LogP contribution is -2.32. The van der Waals surface area contributed by atoms with Gasteiger partial charge in [-0.15, -0.1) is 5.10 Å². The number of hydrogen-bond acceptors (Lipinski definition) is 6. The first-order valence-corrected chi connectivity index (χ1v) is 8.40. The van der Waals surface area contributed by atoms with Crippen LogP contribution in [-0.2, 0) is 11.3 Å². The van der Waals surface area contributed by atoms with Gasteiger partial charge in [0.15, 0.2) is 0 Å². The molecule has 122 valence electrons. The van der Waals surface area contributed by atoms with E-state index < -0.39 is 0 Å². The second-order valence-electron chi connectivity index (χ2n) is 5.51. The van der Waals surface area contributed by atoms with E-state index in [0.717, 1.165) is 24.2 Å². The van der Waals surface area contributed by atoms with Crippen molar-refractivity contribution in [1.82, 2.24) is 25.5 Å². The largest absolute Gasteiger partial charge is 0.497 e. The molecule has 1 aliphatic rings. The summed E-state index contributed by atoms with van der Waals surface area (Å²) in [6.07, 6.45) is 2.16. The number of nitrogens with one attached hydrogen (secondary N) is 1. The molecule has 1 atom stereocenters. The average molecular weight is 333 g/mol. The van der Waals surface area contributed by atoms with Crippen LogP contribution in [-0.4, -0.2) is 44.5 Å². The standard InChI is InChI=1S/C15H19N5O2S/c1-10(14(21)16-12-5-6-12)23-15-17-18-19-20(15)9-11-3-7-13(22-2)8-4-11/h3-4,7-8,10,12H,5-6,9H2,1-2H3,(H,16,21)/t10-/m1/s1. The van der Waals surface area contributed by atoms with E-state index in [0.29, 0.717) is 17.7 Å². The summed E-state index contributed by atoms with van der Waals surface area (Å²) in [5, 5.41) is 15.2. The minimum Gasteiger partial charge on any atom is -0.497 e. The zero-order valence-corrected chi connectivity index (χ0v) is 13.9. The van der Waals surface area contributed by atoms with Crippen molar-refractivity contribution in [3.05, 3.63) is 29.8 Å². The van der Waals surface area contributed by atoms with Crippen LogP contribution in [0.2, 0.25) is 0 Å². The van der Waals surface area contributed by atoms with Gasteiger partial charge in [-0.2, -0.15) is 0 Å². The van der Waals surface area contributed by atoms with Gasteiger partial charge in [0.05, 0.1) is 18.9 Å². The van der Waals surface area contributed by atoms with Gasteiger partial charge in [0.25, 0.3) is 0 Å². The van der Waals surface area contributed by atoms with Crippen molar-refractivity contribution < 1.29 is 9.53 Å². The van der Waals surface area contributed by atoms with Crippen molar-refractivity contribution in [3.8, 4) is 5.75 Å². The Labute approximate surface area is 138 Å². The highest BCUT2D eigenvalue weighted by atomic mass is 32.2. The van der Waals surface area contributed by atoms with E-state index in [9.17, 15) is 4.79 Å². The molecular formula is C15H19N5O2S. The number of thioether (sulfide) groups is 1. The predicted octanol–water partition coefficient (Wildman–Crippen LogP) is 1.49. The second-order valence-corrected chi connectivity index (χ2v) is 6.82. The molecule has 7 nitrogen and oxygen atoms in total. The Kier molecular flexibility index (Phi) is 4.80.